The largest absolute Gasteiger partial charge is 0.478 e. The maximum Gasteiger partial charge on any atom is 0.478 e. The van der Waals surface area contributed by atoms with Gasteiger partial charge in [-0.2, -0.15) is 12.6 Å². The maximum absolute atomic E-state index is 11.5. The zero-order valence-electron chi connectivity index (χ0n) is 11.8. The van der Waals surface area contributed by atoms with E-state index in [4.69, 9.17) is 14.4 Å². The van der Waals surface area contributed by atoms with Crippen LogP contribution in [0.15, 0.2) is 0 Å². The van der Waals surface area contributed by atoms with Gasteiger partial charge in [-0.05, 0) is 0 Å². The summed E-state index contributed by atoms with van der Waals surface area (Å²) in [7, 11) is -0.841. The summed E-state index contributed by atoms with van der Waals surface area (Å²) in [6.45, 7) is 0.730. The molecule has 1 aliphatic heterocycles. The van der Waals surface area contributed by atoms with E-state index in [2.05, 4.69) is 17.9 Å². The Morgan fingerprint density at radius 1 is 1.38 bits per heavy atom. The molecule has 0 saturated carbocycles. The van der Waals surface area contributed by atoms with Crippen LogP contribution in [0.4, 0.5) is 0 Å². The molecule has 1 fully saturated rings. The number of thiol groups is 1. The SMILES string of the molecule is CC(S)CC(=O)NCB1OC(CO)C(C(O)C(O)CO)O1. The smallest absolute Gasteiger partial charge is 0.402 e. The summed E-state index contributed by atoms with van der Waals surface area (Å²) in [4.78, 5) is 11.5. The number of nitrogens with one attached hydrogen (secondary N) is 1. The number of hydrogen-bond donors (Lipinski definition) is 6. The molecule has 1 heterocycles. The van der Waals surface area contributed by atoms with Crippen LogP contribution in [-0.4, -0.2) is 82.8 Å². The van der Waals surface area contributed by atoms with Gasteiger partial charge in [0.1, 0.15) is 12.2 Å². The van der Waals surface area contributed by atoms with Gasteiger partial charge in [0.2, 0.25) is 5.91 Å². The molecular weight excluding hydrogens is 301 g/mol. The molecule has 5 N–H and O–H groups in total. The predicted octanol–water partition coefficient (Wildman–Crippen LogP) is -2.67. The lowest BCUT2D eigenvalue weighted by molar-refractivity contribution is -0.120. The molecule has 10 heteroatoms. The molecule has 5 atom stereocenters. The number of rotatable bonds is 8. The number of aliphatic hydroxyl groups is 4. The molecule has 0 spiro atoms. The summed E-state index contributed by atoms with van der Waals surface area (Å²) in [5.41, 5.74) is 0. The van der Waals surface area contributed by atoms with Crippen molar-refractivity contribution in [3.8, 4) is 0 Å². The fourth-order valence-corrected chi connectivity index (χ4v) is 2.14. The summed E-state index contributed by atoms with van der Waals surface area (Å²) >= 11 is 4.10. The molecule has 0 aromatic carbocycles. The van der Waals surface area contributed by atoms with Crippen LogP contribution in [0.1, 0.15) is 13.3 Å². The van der Waals surface area contributed by atoms with Crippen LogP contribution in [-0.2, 0) is 14.1 Å². The number of aliphatic hydroxyl groups excluding tert-OH is 4. The van der Waals surface area contributed by atoms with E-state index in [1.165, 1.54) is 0 Å². The van der Waals surface area contributed by atoms with E-state index in [9.17, 15) is 20.1 Å². The summed E-state index contributed by atoms with van der Waals surface area (Å²) in [6.07, 6.45) is -4.32. The monoisotopic (exact) mass is 323 g/mol. The van der Waals surface area contributed by atoms with Crippen molar-refractivity contribution in [3.05, 3.63) is 0 Å². The maximum atomic E-state index is 11.5. The van der Waals surface area contributed by atoms with E-state index in [-0.39, 0.29) is 24.0 Å². The normalized spacial score (nSPS) is 26.5. The lowest BCUT2D eigenvalue weighted by Gasteiger charge is -2.25. The molecule has 0 aliphatic carbocycles. The number of amides is 1. The first kappa shape index (κ1) is 18.7. The lowest BCUT2D eigenvalue weighted by Crippen LogP contribution is -2.45. The zero-order chi connectivity index (χ0) is 16.0. The average molecular weight is 323 g/mol. The fourth-order valence-electron chi connectivity index (χ4n) is 1.98. The van der Waals surface area contributed by atoms with Crippen molar-refractivity contribution in [1.29, 1.82) is 0 Å². The lowest BCUT2D eigenvalue weighted by atomic mass is 9.91. The highest BCUT2D eigenvalue weighted by atomic mass is 32.1. The van der Waals surface area contributed by atoms with Crippen LogP contribution in [0, 0.1) is 0 Å². The molecule has 0 aromatic heterocycles. The van der Waals surface area contributed by atoms with Crippen molar-refractivity contribution in [2.45, 2.75) is 43.0 Å². The predicted molar refractivity (Wildman–Crippen MR) is 77.8 cm³/mol. The first-order valence-electron chi connectivity index (χ1n) is 6.72. The van der Waals surface area contributed by atoms with E-state index in [1.54, 1.807) is 6.92 Å². The van der Waals surface area contributed by atoms with Crippen molar-refractivity contribution < 1.29 is 34.5 Å². The number of hydrogen-bond acceptors (Lipinski definition) is 8. The Morgan fingerprint density at radius 2 is 2.05 bits per heavy atom. The molecule has 1 aliphatic rings. The van der Waals surface area contributed by atoms with Crippen LogP contribution < -0.4 is 5.32 Å². The third kappa shape index (κ3) is 5.74. The molecule has 0 radical (unpaired) electrons. The molecular formula is C11H22BNO7S. The highest BCUT2D eigenvalue weighted by molar-refractivity contribution is 7.80. The Hall–Kier alpha value is -0.355. The van der Waals surface area contributed by atoms with Gasteiger partial charge in [-0.25, -0.2) is 0 Å². The molecule has 1 amide bonds. The minimum atomic E-state index is -1.40. The van der Waals surface area contributed by atoms with Crippen molar-refractivity contribution >= 4 is 25.7 Å². The molecule has 8 nitrogen and oxygen atoms in total. The Kier molecular flexibility index (Phi) is 7.95. The van der Waals surface area contributed by atoms with Gasteiger partial charge in [0.15, 0.2) is 0 Å². The summed E-state index contributed by atoms with van der Waals surface area (Å²) in [6, 6.07) is 0. The summed E-state index contributed by atoms with van der Waals surface area (Å²) < 4.78 is 10.7. The second-order valence-corrected chi connectivity index (χ2v) is 5.87. The first-order chi connectivity index (χ1) is 9.88. The number of carbonyl (C=O) groups is 1. The van der Waals surface area contributed by atoms with Crippen molar-refractivity contribution in [2.24, 2.45) is 0 Å². The Balaban J connectivity index is 2.47. The third-order valence-electron chi connectivity index (χ3n) is 3.05. The van der Waals surface area contributed by atoms with Gasteiger partial charge < -0.3 is 35.1 Å². The molecule has 122 valence electrons. The second kappa shape index (κ2) is 8.94. The third-order valence-corrected chi connectivity index (χ3v) is 3.23. The zero-order valence-corrected chi connectivity index (χ0v) is 12.6. The minimum Gasteiger partial charge on any atom is -0.402 e. The van der Waals surface area contributed by atoms with E-state index in [0.29, 0.717) is 0 Å². The Labute approximate surface area is 129 Å². The highest BCUT2D eigenvalue weighted by Gasteiger charge is 2.44. The van der Waals surface area contributed by atoms with Gasteiger partial charge in [-0.1, -0.05) is 6.92 Å². The number of carbonyl (C=O) groups excluding carboxylic acids is 1. The van der Waals surface area contributed by atoms with Gasteiger partial charge in [0, 0.05) is 11.7 Å². The van der Waals surface area contributed by atoms with E-state index in [0.717, 1.165) is 0 Å². The molecule has 1 rings (SSSR count). The molecule has 1 saturated heterocycles. The molecule has 5 unspecified atom stereocenters. The molecule has 0 bridgehead atoms. The van der Waals surface area contributed by atoms with Crippen molar-refractivity contribution in [1.82, 2.24) is 5.32 Å². The standard InChI is InChI=1S/C11H22BNO7S/c1-6(21)2-9(17)13-5-12-19-8(4-15)11(20-12)10(18)7(16)3-14/h6-8,10-11,14-16,18,21H,2-5H2,1H3,(H,13,17). The van der Waals surface area contributed by atoms with Crippen LogP contribution in [0.5, 0.6) is 0 Å². The van der Waals surface area contributed by atoms with Gasteiger partial charge in [0.05, 0.1) is 31.9 Å². The topological polar surface area (TPSA) is 128 Å². The first-order valence-corrected chi connectivity index (χ1v) is 7.24. The second-order valence-electron chi connectivity index (χ2n) is 4.99. The van der Waals surface area contributed by atoms with Gasteiger partial charge >= 0.3 is 7.12 Å². The highest BCUT2D eigenvalue weighted by Crippen LogP contribution is 2.21. The fraction of sp³-hybridized carbons (Fsp3) is 0.909. The minimum absolute atomic E-state index is 0.0499. The van der Waals surface area contributed by atoms with Gasteiger partial charge in [-0.3, -0.25) is 4.79 Å². The van der Waals surface area contributed by atoms with E-state index < -0.39 is 44.7 Å². The van der Waals surface area contributed by atoms with Crippen LogP contribution >= 0.6 is 12.6 Å². The quantitative estimate of drug-likeness (QED) is 0.212. The van der Waals surface area contributed by atoms with Crippen LogP contribution in [0.3, 0.4) is 0 Å². The van der Waals surface area contributed by atoms with E-state index in [1.807, 2.05) is 0 Å². The Morgan fingerprint density at radius 3 is 2.57 bits per heavy atom. The van der Waals surface area contributed by atoms with Crippen molar-refractivity contribution in [2.75, 3.05) is 19.7 Å². The van der Waals surface area contributed by atoms with Gasteiger partial charge in [0.25, 0.3) is 0 Å². The molecule has 21 heavy (non-hydrogen) atoms. The summed E-state index contributed by atoms with van der Waals surface area (Å²) in [5.74, 6) is -0.218. The van der Waals surface area contributed by atoms with Crippen molar-refractivity contribution in [3.63, 3.8) is 0 Å². The summed E-state index contributed by atoms with van der Waals surface area (Å²) in [5, 5.41) is 39.7. The van der Waals surface area contributed by atoms with Crippen LogP contribution in [0.2, 0.25) is 0 Å². The average Bonchev–Trinajstić information content (AvgIpc) is 2.86. The Bertz CT molecular complexity index is 336. The van der Waals surface area contributed by atoms with E-state index >= 15 is 0 Å². The molecule has 0 aromatic rings. The van der Waals surface area contributed by atoms with Gasteiger partial charge in [-0.15, -0.1) is 0 Å². The van der Waals surface area contributed by atoms with Crippen LogP contribution in [0.25, 0.3) is 0 Å².